The molecule has 0 aromatic heterocycles. The van der Waals surface area contributed by atoms with Crippen LogP contribution in [0.1, 0.15) is 18.4 Å². The van der Waals surface area contributed by atoms with E-state index in [0.29, 0.717) is 25.9 Å². The van der Waals surface area contributed by atoms with Crippen LogP contribution in [0, 0.1) is 29.9 Å². The summed E-state index contributed by atoms with van der Waals surface area (Å²) in [5.41, 5.74) is -0.421. The van der Waals surface area contributed by atoms with Gasteiger partial charge in [0.25, 0.3) is 0 Å². The smallest absolute Gasteiger partial charge is 0.322 e. The van der Waals surface area contributed by atoms with Gasteiger partial charge in [0, 0.05) is 25.3 Å². The number of carbonyl (C=O) groups is 1. The number of anilines is 1. The number of nitrogens with zero attached hydrogens (tertiary/aromatic N) is 1. The Bertz CT molecular complexity index is 553. The van der Waals surface area contributed by atoms with Gasteiger partial charge in [-0.3, -0.25) is 0 Å². The highest BCUT2D eigenvalue weighted by molar-refractivity contribution is 5.89. The quantitative estimate of drug-likeness (QED) is 0.822. The van der Waals surface area contributed by atoms with Gasteiger partial charge in [0.1, 0.15) is 5.69 Å². The Balaban J connectivity index is 2.05. The highest BCUT2D eigenvalue weighted by atomic mass is 19.1. The predicted octanol–water partition coefficient (Wildman–Crippen LogP) is 2.18. The molecule has 0 aliphatic carbocycles. The molecule has 1 aliphatic rings. The van der Waals surface area contributed by atoms with Gasteiger partial charge in [-0.15, -0.1) is 6.42 Å². The Morgan fingerprint density at radius 2 is 1.95 bits per heavy atom. The number of piperidine rings is 1. The molecule has 1 heterocycles. The Hall–Kier alpha value is -2.13. The van der Waals surface area contributed by atoms with Gasteiger partial charge >= 0.3 is 6.03 Å². The fourth-order valence-corrected chi connectivity index (χ4v) is 2.28. The summed E-state index contributed by atoms with van der Waals surface area (Å²) in [5, 5.41) is 11.3. The van der Waals surface area contributed by atoms with Gasteiger partial charge in [-0.2, -0.15) is 0 Å². The zero-order valence-electron chi connectivity index (χ0n) is 11.4. The maximum atomic E-state index is 13.7. The molecule has 0 bridgehead atoms. The van der Waals surface area contributed by atoms with Crippen molar-refractivity contribution >= 4 is 11.7 Å². The number of aliphatic hydroxyl groups excluding tert-OH is 1. The van der Waals surface area contributed by atoms with Crippen LogP contribution in [0.15, 0.2) is 12.1 Å². The number of rotatable bonds is 2. The molecule has 21 heavy (non-hydrogen) atoms. The van der Waals surface area contributed by atoms with Gasteiger partial charge in [-0.25, -0.2) is 13.6 Å². The van der Waals surface area contributed by atoms with Gasteiger partial charge < -0.3 is 15.3 Å². The SMILES string of the molecule is C#Cc1cc(F)c(NC(=O)N2CCC(CO)CC2)c(F)c1. The number of amides is 2. The third-order valence-electron chi connectivity index (χ3n) is 3.60. The standard InChI is InChI=1S/C15H16F2N2O2/c1-2-10-7-12(16)14(13(17)8-10)18-15(21)19-5-3-11(9-20)4-6-19/h1,7-8,11,20H,3-6,9H2,(H,18,21). The average molecular weight is 294 g/mol. The predicted molar refractivity (Wildman–Crippen MR) is 74.7 cm³/mol. The molecule has 1 saturated heterocycles. The lowest BCUT2D eigenvalue weighted by atomic mass is 9.98. The summed E-state index contributed by atoms with van der Waals surface area (Å²) in [5.74, 6) is 0.513. The van der Waals surface area contributed by atoms with E-state index in [1.54, 1.807) is 0 Å². The van der Waals surface area contributed by atoms with Gasteiger partial charge in [-0.05, 0) is 30.9 Å². The van der Waals surface area contributed by atoms with Crippen LogP contribution in [0.25, 0.3) is 0 Å². The molecule has 0 atom stereocenters. The number of nitrogens with one attached hydrogen (secondary N) is 1. The van der Waals surface area contributed by atoms with E-state index >= 15 is 0 Å². The lowest BCUT2D eigenvalue weighted by Gasteiger charge is -2.31. The number of aliphatic hydroxyl groups is 1. The number of carbonyl (C=O) groups excluding carboxylic acids is 1. The summed E-state index contributed by atoms with van der Waals surface area (Å²) >= 11 is 0. The molecule has 0 spiro atoms. The number of hydrogen-bond acceptors (Lipinski definition) is 2. The van der Waals surface area contributed by atoms with Crippen molar-refractivity contribution in [1.82, 2.24) is 4.90 Å². The molecule has 0 radical (unpaired) electrons. The highest BCUT2D eigenvalue weighted by Gasteiger charge is 2.23. The number of terminal acetylenes is 1. The first kappa shape index (κ1) is 15.3. The molecule has 2 rings (SSSR count). The minimum atomic E-state index is -0.901. The molecule has 6 heteroatoms. The fraction of sp³-hybridized carbons (Fsp3) is 0.400. The maximum absolute atomic E-state index is 13.7. The van der Waals surface area contributed by atoms with Crippen molar-refractivity contribution in [3.05, 3.63) is 29.3 Å². The fourth-order valence-electron chi connectivity index (χ4n) is 2.28. The van der Waals surface area contributed by atoms with Gasteiger partial charge in [0.15, 0.2) is 11.6 Å². The Morgan fingerprint density at radius 1 is 1.38 bits per heavy atom. The molecular weight excluding hydrogens is 278 g/mol. The number of halogens is 2. The largest absolute Gasteiger partial charge is 0.396 e. The minimum Gasteiger partial charge on any atom is -0.396 e. The molecule has 2 amide bonds. The van der Waals surface area contributed by atoms with E-state index in [2.05, 4.69) is 11.2 Å². The number of likely N-dealkylation sites (tertiary alicyclic amines) is 1. The van der Waals surface area contributed by atoms with Gasteiger partial charge in [0.05, 0.1) is 0 Å². The molecule has 1 aromatic rings. The van der Waals surface area contributed by atoms with E-state index in [1.807, 2.05) is 0 Å². The molecule has 0 saturated carbocycles. The number of urea groups is 1. The minimum absolute atomic E-state index is 0.0757. The second-order valence-electron chi connectivity index (χ2n) is 5.00. The van der Waals surface area contributed by atoms with E-state index in [4.69, 9.17) is 11.5 Å². The Labute approximate surface area is 121 Å². The third kappa shape index (κ3) is 3.50. The van der Waals surface area contributed by atoms with E-state index < -0.39 is 23.4 Å². The first-order valence-electron chi connectivity index (χ1n) is 6.67. The molecule has 2 N–H and O–H groups in total. The number of hydrogen-bond donors (Lipinski definition) is 2. The maximum Gasteiger partial charge on any atom is 0.322 e. The van der Waals surface area contributed by atoms with E-state index in [-0.39, 0.29) is 18.1 Å². The van der Waals surface area contributed by atoms with Crippen LogP contribution >= 0.6 is 0 Å². The zero-order chi connectivity index (χ0) is 15.4. The summed E-state index contributed by atoms with van der Waals surface area (Å²) in [4.78, 5) is 13.5. The van der Waals surface area contributed by atoms with Crippen molar-refractivity contribution in [2.24, 2.45) is 5.92 Å². The molecule has 112 valence electrons. The van der Waals surface area contributed by atoms with Gasteiger partial charge in [0.2, 0.25) is 0 Å². The Morgan fingerprint density at radius 3 is 2.43 bits per heavy atom. The lowest BCUT2D eigenvalue weighted by molar-refractivity contribution is 0.143. The summed E-state index contributed by atoms with van der Waals surface area (Å²) in [6, 6.07) is 1.44. The second kappa shape index (κ2) is 6.55. The van der Waals surface area contributed by atoms with Crippen LogP contribution in [0.5, 0.6) is 0 Å². The molecule has 4 nitrogen and oxygen atoms in total. The first-order valence-corrected chi connectivity index (χ1v) is 6.67. The van der Waals surface area contributed by atoms with Crippen LogP contribution in [0.4, 0.5) is 19.3 Å². The van der Waals surface area contributed by atoms with Crippen LogP contribution in [0.3, 0.4) is 0 Å². The lowest BCUT2D eigenvalue weighted by Crippen LogP contribution is -2.41. The van der Waals surface area contributed by atoms with Crippen molar-refractivity contribution in [3.8, 4) is 12.3 Å². The molecule has 1 aliphatic heterocycles. The number of benzene rings is 1. The molecule has 1 fully saturated rings. The van der Waals surface area contributed by atoms with Crippen molar-refractivity contribution in [3.63, 3.8) is 0 Å². The Kier molecular flexibility index (Phi) is 4.76. The van der Waals surface area contributed by atoms with Crippen molar-refractivity contribution < 1.29 is 18.7 Å². The summed E-state index contributed by atoms with van der Waals surface area (Å²) in [6.07, 6.45) is 6.43. The van der Waals surface area contributed by atoms with Crippen LogP contribution < -0.4 is 5.32 Å². The van der Waals surface area contributed by atoms with E-state index in [0.717, 1.165) is 12.1 Å². The van der Waals surface area contributed by atoms with Crippen LogP contribution in [-0.2, 0) is 0 Å². The van der Waals surface area contributed by atoms with Crippen molar-refractivity contribution in [1.29, 1.82) is 0 Å². The van der Waals surface area contributed by atoms with Crippen molar-refractivity contribution in [2.45, 2.75) is 12.8 Å². The summed E-state index contributed by atoms with van der Waals surface area (Å²) < 4.78 is 27.5. The van der Waals surface area contributed by atoms with E-state index in [1.165, 1.54) is 4.90 Å². The summed E-state index contributed by atoms with van der Waals surface area (Å²) in [7, 11) is 0. The van der Waals surface area contributed by atoms with Crippen LogP contribution in [0.2, 0.25) is 0 Å². The average Bonchev–Trinajstić information content (AvgIpc) is 2.50. The molecular formula is C15H16F2N2O2. The topological polar surface area (TPSA) is 52.6 Å². The monoisotopic (exact) mass is 294 g/mol. The van der Waals surface area contributed by atoms with Crippen LogP contribution in [-0.4, -0.2) is 35.7 Å². The summed E-state index contributed by atoms with van der Waals surface area (Å²) in [6.45, 7) is 0.984. The van der Waals surface area contributed by atoms with Gasteiger partial charge in [-0.1, -0.05) is 5.92 Å². The first-order chi connectivity index (χ1) is 10.0. The molecule has 0 unspecified atom stereocenters. The highest BCUT2D eigenvalue weighted by Crippen LogP contribution is 2.22. The van der Waals surface area contributed by atoms with Crippen molar-refractivity contribution in [2.75, 3.05) is 25.0 Å². The second-order valence-corrected chi connectivity index (χ2v) is 5.00. The van der Waals surface area contributed by atoms with E-state index in [9.17, 15) is 13.6 Å². The molecule has 1 aromatic carbocycles. The zero-order valence-corrected chi connectivity index (χ0v) is 11.4. The third-order valence-corrected chi connectivity index (χ3v) is 3.60. The normalized spacial score (nSPS) is 15.6.